The number of unbranched alkanes of at least 4 members (excludes halogenated alkanes) is 8. The Bertz CT molecular complexity index is 217. The van der Waals surface area contributed by atoms with Crippen molar-refractivity contribution in [3.63, 3.8) is 0 Å². The summed E-state index contributed by atoms with van der Waals surface area (Å²) in [7, 11) is -1.95. The molecule has 1 unspecified atom stereocenters. The lowest BCUT2D eigenvalue weighted by Crippen LogP contribution is -1.80. The Hall–Kier alpha value is -0.400. The summed E-state index contributed by atoms with van der Waals surface area (Å²) >= 11 is 0. The number of allylic oxidation sites excluding steroid dienone is 1. The molecule has 4 heteroatoms. The number of hydrogen-bond donors (Lipinski definition) is 0. The Labute approximate surface area is 113 Å². The van der Waals surface area contributed by atoms with Gasteiger partial charge in [0.15, 0.2) is 0 Å². The molecule has 1 atom stereocenters. The van der Waals surface area contributed by atoms with Crippen LogP contribution in [0.3, 0.4) is 0 Å². The quantitative estimate of drug-likeness (QED) is 0.244. The molecule has 0 aliphatic rings. The van der Waals surface area contributed by atoms with Crippen LogP contribution in [0.5, 0.6) is 0 Å². The van der Waals surface area contributed by atoms with Crippen molar-refractivity contribution in [2.75, 3.05) is 6.61 Å². The molecular formula is C14H28O3P+. The topological polar surface area (TPSA) is 35.5 Å². The average Bonchev–Trinajstić information content (AvgIpc) is 2.36. The van der Waals surface area contributed by atoms with Crippen LogP contribution in [0.2, 0.25) is 0 Å². The standard InChI is InChI=1S/C14H28O3P/c1-3-5-6-7-8-9-10-11-12-13-14-17-18(15)16-4-2/h13-14H,3-12H2,1-2H3/q+1/b14-13+. The van der Waals surface area contributed by atoms with Crippen molar-refractivity contribution >= 4 is 8.25 Å². The van der Waals surface area contributed by atoms with Crippen LogP contribution in [0.15, 0.2) is 12.3 Å². The van der Waals surface area contributed by atoms with Crippen molar-refractivity contribution in [3.05, 3.63) is 12.3 Å². The third kappa shape index (κ3) is 13.7. The zero-order valence-corrected chi connectivity index (χ0v) is 12.8. The number of rotatable bonds is 13. The summed E-state index contributed by atoms with van der Waals surface area (Å²) < 4.78 is 20.6. The molecule has 0 aliphatic heterocycles. The molecule has 0 rings (SSSR count). The first-order valence-electron chi connectivity index (χ1n) is 7.23. The molecule has 0 saturated heterocycles. The molecule has 0 fully saturated rings. The van der Waals surface area contributed by atoms with E-state index in [1.165, 1.54) is 57.6 Å². The van der Waals surface area contributed by atoms with Crippen LogP contribution < -0.4 is 0 Å². The van der Waals surface area contributed by atoms with E-state index in [9.17, 15) is 4.57 Å². The lowest BCUT2D eigenvalue weighted by molar-refractivity contribution is 0.285. The van der Waals surface area contributed by atoms with Crippen molar-refractivity contribution in [1.82, 2.24) is 0 Å². The molecule has 0 N–H and O–H groups in total. The average molecular weight is 275 g/mol. The van der Waals surface area contributed by atoms with E-state index < -0.39 is 8.25 Å². The van der Waals surface area contributed by atoms with Gasteiger partial charge in [-0.05, 0) is 25.8 Å². The van der Waals surface area contributed by atoms with E-state index in [-0.39, 0.29) is 0 Å². The Balaban J connectivity index is 3.15. The highest BCUT2D eigenvalue weighted by atomic mass is 31.1. The number of hydrogen-bond acceptors (Lipinski definition) is 3. The molecule has 106 valence electrons. The highest BCUT2D eigenvalue weighted by Gasteiger charge is 2.16. The highest BCUT2D eigenvalue weighted by Crippen LogP contribution is 2.23. The molecule has 18 heavy (non-hydrogen) atoms. The van der Waals surface area contributed by atoms with Gasteiger partial charge in [0.1, 0.15) is 12.9 Å². The van der Waals surface area contributed by atoms with Crippen LogP contribution in [0, 0.1) is 0 Å². The summed E-state index contributed by atoms with van der Waals surface area (Å²) in [6, 6.07) is 0. The van der Waals surface area contributed by atoms with Gasteiger partial charge >= 0.3 is 8.25 Å². The van der Waals surface area contributed by atoms with Crippen molar-refractivity contribution in [1.29, 1.82) is 0 Å². The van der Waals surface area contributed by atoms with Gasteiger partial charge in [0.2, 0.25) is 0 Å². The maximum Gasteiger partial charge on any atom is 0.749 e. The summed E-state index contributed by atoms with van der Waals surface area (Å²) in [5.41, 5.74) is 0. The molecule has 3 nitrogen and oxygen atoms in total. The van der Waals surface area contributed by atoms with Gasteiger partial charge in [-0.1, -0.05) is 51.9 Å². The summed E-state index contributed by atoms with van der Waals surface area (Å²) in [4.78, 5) is 0. The van der Waals surface area contributed by atoms with Crippen LogP contribution in [0.25, 0.3) is 0 Å². The molecule has 0 aliphatic carbocycles. The third-order valence-corrected chi connectivity index (χ3v) is 3.46. The summed E-state index contributed by atoms with van der Waals surface area (Å²) in [5, 5.41) is 0. The molecule has 0 aromatic rings. The summed E-state index contributed by atoms with van der Waals surface area (Å²) in [6.07, 6.45) is 15.0. The minimum absolute atomic E-state index is 0.418. The minimum Gasteiger partial charge on any atom is -0.238 e. The zero-order chi connectivity index (χ0) is 13.5. The van der Waals surface area contributed by atoms with Crippen molar-refractivity contribution < 1.29 is 13.6 Å². The Morgan fingerprint density at radius 1 is 0.944 bits per heavy atom. The zero-order valence-electron chi connectivity index (χ0n) is 11.9. The monoisotopic (exact) mass is 275 g/mol. The van der Waals surface area contributed by atoms with Gasteiger partial charge in [-0.25, -0.2) is 4.52 Å². The Morgan fingerprint density at radius 2 is 1.56 bits per heavy atom. The molecule has 0 amide bonds. The SMILES string of the molecule is CCCCCCCCCC/C=C/O[P+](=O)OCC. The maximum atomic E-state index is 11.0. The van der Waals surface area contributed by atoms with Crippen molar-refractivity contribution in [2.24, 2.45) is 0 Å². The fourth-order valence-electron chi connectivity index (χ4n) is 1.69. The van der Waals surface area contributed by atoms with Gasteiger partial charge in [0, 0.05) is 4.57 Å². The third-order valence-electron chi connectivity index (χ3n) is 2.70. The van der Waals surface area contributed by atoms with Crippen LogP contribution >= 0.6 is 8.25 Å². The van der Waals surface area contributed by atoms with Gasteiger partial charge in [-0.3, -0.25) is 0 Å². The van der Waals surface area contributed by atoms with E-state index in [0.717, 1.165) is 6.42 Å². The van der Waals surface area contributed by atoms with Gasteiger partial charge in [0.05, 0.1) is 0 Å². The maximum absolute atomic E-state index is 11.0. The summed E-state index contributed by atoms with van der Waals surface area (Å²) in [6.45, 7) is 4.45. The molecule has 0 spiro atoms. The van der Waals surface area contributed by atoms with Crippen LogP contribution in [-0.2, 0) is 13.6 Å². The van der Waals surface area contributed by atoms with E-state index in [1.807, 2.05) is 6.08 Å². The van der Waals surface area contributed by atoms with Crippen LogP contribution in [-0.4, -0.2) is 6.61 Å². The largest absolute Gasteiger partial charge is 0.749 e. The van der Waals surface area contributed by atoms with E-state index in [1.54, 1.807) is 6.92 Å². The molecular weight excluding hydrogens is 247 g/mol. The van der Waals surface area contributed by atoms with Crippen molar-refractivity contribution in [3.8, 4) is 0 Å². The molecule has 0 aromatic carbocycles. The van der Waals surface area contributed by atoms with E-state index in [4.69, 9.17) is 9.05 Å². The predicted octanol–water partition coefficient (Wildman–Crippen LogP) is 5.74. The summed E-state index contributed by atoms with van der Waals surface area (Å²) in [5.74, 6) is 0. The molecule has 0 saturated carbocycles. The Morgan fingerprint density at radius 3 is 2.17 bits per heavy atom. The molecule has 0 heterocycles. The van der Waals surface area contributed by atoms with Gasteiger partial charge in [0.25, 0.3) is 0 Å². The van der Waals surface area contributed by atoms with Gasteiger partial charge in [-0.15, -0.1) is 4.52 Å². The molecule has 0 bridgehead atoms. The first-order valence-corrected chi connectivity index (χ1v) is 8.32. The second-order valence-electron chi connectivity index (χ2n) is 4.38. The first kappa shape index (κ1) is 17.6. The second-order valence-corrected chi connectivity index (χ2v) is 5.30. The van der Waals surface area contributed by atoms with E-state index >= 15 is 0 Å². The lowest BCUT2D eigenvalue weighted by atomic mass is 10.1. The lowest BCUT2D eigenvalue weighted by Gasteiger charge is -1.99. The minimum atomic E-state index is -1.95. The van der Waals surface area contributed by atoms with E-state index in [2.05, 4.69) is 6.92 Å². The normalized spacial score (nSPS) is 12.0. The van der Waals surface area contributed by atoms with Crippen molar-refractivity contribution in [2.45, 2.75) is 71.6 Å². The molecule has 0 radical (unpaired) electrons. The first-order chi connectivity index (χ1) is 8.81. The predicted molar refractivity (Wildman–Crippen MR) is 76.7 cm³/mol. The van der Waals surface area contributed by atoms with E-state index in [0.29, 0.717) is 6.61 Å². The fourth-order valence-corrected chi connectivity index (χ4v) is 2.15. The highest BCUT2D eigenvalue weighted by molar-refractivity contribution is 7.33. The second kappa shape index (κ2) is 14.7. The Kier molecular flexibility index (Phi) is 14.3. The molecule has 0 aromatic heterocycles. The van der Waals surface area contributed by atoms with Crippen LogP contribution in [0.1, 0.15) is 71.6 Å². The smallest absolute Gasteiger partial charge is 0.238 e. The fraction of sp³-hybridized carbons (Fsp3) is 0.857. The van der Waals surface area contributed by atoms with Gasteiger partial charge in [-0.2, -0.15) is 0 Å². The van der Waals surface area contributed by atoms with Crippen LogP contribution in [0.4, 0.5) is 0 Å². The van der Waals surface area contributed by atoms with Gasteiger partial charge < -0.3 is 0 Å².